The van der Waals surface area contributed by atoms with Gasteiger partial charge in [0, 0.05) is 22.6 Å². The Balaban J connectivity index is 1.32. The maximum Gasteiger partial charge on any atom is 0.339 e. The highest BCUT2D eigenvalue weighted by molar-refractivity contribution is 6.30. The summed E-state index contributed by atoms with van der Waals surface area (Å²) in [7, 11) is 0. The summed E-state index contributed by atoms with van der Waals surface area (Å²) in [5, 5.41) is 33.1. The minimum absolute atomic E-state index is 0.0137. The maximum atomic E-state index is 15.3. The molecule has 2 aliphatic carbocycles. The Labute approximate surface area is 318 Å². The number of aromatic carboxylic acids is 1. The largest absolute Gasteiger partial charge is 0.507 e. The summed E-state index contributed by atoms with van der Waals surface area (Å²) in [5.41, 5.74) is 2.23. The van der Waals surface area contributed by atoms with Crippen molar-refractivity contribution in [3.05, 3.63) is 124 Å². The van der Waals surface area contributed by atoms with E-state index < -0.39 is 81.7 Å². The van der Waals surface area contributed by atoms with Crippen molar-refractivity contribution in [2.24, 2.45) is 23.7 Å². The molecular weight excluding hydrogens is 733 g/mol. The number of aromatic hydroxyl groups is 2. The molecule has 2 heterocycles. The summed E-state index contributed by atoms with van der Waals surface area (Å²) < 4.78 is 19.7. The molecule has 2 aliphatic heterocycles. The SMILES string of the molecule is CCOc1cccc([C@H]2C3=CC[C@@H]4C(=O)N(c5ccc(C(=O)O)c(O)c5)C(=O)[C@@H]4[C@@H]3C[C@H]3C(=O)N(Nc4ccc(F)cc4)C(=O)[C@@]23c2ccc(Cl)cc2)c1O. The molecule has 4 N–H and O–H groups in total. The average Bonchev–Trinajstić information content (AvgIpc) is 3.54. The Morgan fingerprint density at radius 2 is 1.67 bits per heavy atom. The lowest BCUT2D eigenvalue weighted by molar-refractivity contribution is -0.138. The lowest BCUT2D eigenvalue weighted by Crippen LogP contribution is -2.53. The van der Waals surface area contributed by atoms with Crippen LogP contribution in [-0.2, 0) is 24.6 Å². The molecule has 0 aromatic heterocycles. The standard InChI is InChI=1S/C41H33ClFN3O9/c1-2-55-32-5-3-4-28(35(32)48)34-25-16-17-27-33(38(51)45(36(27)49)24-14-15-26(39(52)53)31(47)18-24)29(25)19-30-37(50)46(44-23-12-10-22(43)11-13-23)40(54)41(30,34)20-6-8-21(42)9-7-20/h3-16,18,27,29-30,33-34,44,47-48H,2,17,19H2,1H3,(H,52,53)/t27-,29+,30-,33-,34+,41+/m0/s1. The number of imide groups is 2. The first-order valence-electron chi connectivity index (χ1n) is 17.6. The maximum absolute atomic E-state index is 15.3. The Bertz CT molecular complexity index is 2330. The fraction of sp³-hybridized carbons (Fsp3) is 0.244. The van der Waals surface area contributed by atoms with Crippen molar-refractivity contribution >= 4 is 52.6 Å². The molecule has 0 unspecified atom stereocenters. The molecule has 0 bridgehead atoms. The molecule has 1 saturated carbocycles. The van der Waals surface area contributed by atoms with Crippen LogP contribution in [0, 0.1) is 29.5 Å². The number of nitrogens with one attached hydrogen (secondary N) is 1. The second-order valence-electron chi connectivity index (χ2n) is 14.0. The molecule has 14 heteroatoms. The van der Waals surface area contributed by atoms with E-state index in [1.54, 1.807) is 49.4 Å². The van der Waals surface area contributed by atoms with Gasteiger partial charge in [-0.2, -0.15) is 5.01 Å². The first-order chi connectivity index (χ1) is 26.4. The Kier molecular flexibility index (Phi) is 8.64. The summed E-state index contributed by atoms with van der Waals surface area (Å²) >= 11 is 6.35. The van der Waals surface area contributed by atoms with E-state index in [0.29, 0.717) is 16.2 Å². The monoisotopic (exact) mass is 765 g/mol. The molecule has 4 aliphatic rings. The van der Waals surface area contributed by atoms with Gasteiger partial charge in [0.25, 0.3) is 11.8 Å². The van der Waals surface area contributed by atoms with Gasteiger partial charge in [0.15, 0.2) is 11.5 Å². The van der Waals surface area contributed by atoms with E-state index in [2.05, 4.69) is 5.43 Å². The van der Waals surface area contributed by atoms with Crippen molar-refractivity contribution in [1.82, 2.24) is 5.01 Å². The number of nitrogens with zero attached hydrogens (tertiary/aromatic N) is 2. The molecule has 55 heavy (non-hydrogen) atoms. The fourth-order valence-corrected chi connectivity index (χ4v) is 9.26. The van der Waals surface area contributed by atoms with Gasteiger partial charge >= 0.3 is 5.97 Å². The van der Waals surface area contributed by atoms with Crippen molar-refractivity contribution in [2.45, 2.75) is 31.1 Å². The average molecular weight is 766 g/mol. The third kappa shape index (κ3) is 5.36. The number of benzene rings is 4. The number of hydrogen-bond donors (Lipinski definition) is 4. The van der Waals surface area contributed by atoms with Crippen LogP contribution in [0.2, 0.25) is 5.02 Å². The molecule has 6 atom stereocenters. The molecule has 2 saturated heterocycles. The van der Waals surface area contributed by atoms with E-state index in [0.717, 1.165) is 22.0 Å². The number of carboxylic acid groups (broad SMARTS) is 1. The number of hydrazine groups is 1. The molecule has 0 radical (unpaired) electrons. The van der Waals surface area contributed by atoms with Crippen LogP contribution in [0.3, 0.4) is 0 Å². The number of fused-ring (bicyclic) bond motifs is 4. The van der Waals surface area contributed by atoms with Crippen LogP contribution in [0.25, 0.3) is 0 Å². The van der Waals surface area contributed by atoms with E-state index >= 15 is 4.79 Å². The molecule has 12 nitrogen and oxygen atoms in total. The molecule has 3 fully saturated rings. The van der Waals surface area contributed by atoms with Crippen molar-refractivity contribution < 1.29 is 48.4 Å². The van der Waals surface area contributed by atoms with Crippen molar-refractivity contribution in [3.8, 4) is 17.2 Å². The Hall–Kier alpha value is -6.21. The van der Waals surface area contributed by atoms with Gasteiger partial charge in [-0.25, -0.2) is 14.1 Å². The summed E-state index contributed by atoms with van der Waals surface area (Å²) in [6, 6.07) is 19.9. The normalized spacial score (nSPS) is 25.7. The fourth-order valence-electron chi connectivity index (χ4n) is 9.14. The number of carbonyl (C=O) groups is 5. The van der Waals surface area contributed by atoms with E-state index in [-0.39, 0.29) is 47.9 Å². The number of phenolic OH excluding ortho intramolecular Hbond substituents is 1. The molecule has 4 aromatic carbocycles. The topological polar surface area (TPSA) is 174 Å². The molecule has 280 valence electrons. The van der Waals surface area contributed by atoms with Crippen LogP contribution in [0.4, 0.5) is 15.8 Å². The summed E-state index contributed by atoms with van der Waals surface area (Å²) in [4.78, 5) is 71.2. The number of carboxylic acids is 1. The minimum Gasteiger partial charge on any atom is -0.507 e. The van der Waals surface area contributed by atoms with Gasteiger partial charge in [-0.3, -0.25) is 24.6 Å². The third-order valence-electron chi connectivity index (χ3n) is 11.4. The molecule has 4 amide bonds. The molecular formula is C41H33ClFN3O9. The van der Waals surface area contributed by atoms with Crippen molar-refractivity contribution in [2.75, 3.05) is 16.9 Å². The predicted octanol–water partition coefficient (Wildman–Crippen LogP) is 6.18. The second kappa shape index (κ2) is 13.3. The lowest BCUT2D eigenvalue weighted by Gasteiger charge is -2.50. The first-order valence-corrected chi connectivity index (χ1v) is 18.0. The van der Waals surface area contributed by atoms with Crippen molar-refractivity contribution in [1.29, 1.82) is 0 Å². The van der Waals surface area contributed by atoms with Crippen LogP contribution in [0.1, 0.15) is 47.2 Å². The zero-order valence-corrected chi connectivity index (χ0v) is 29.9. The zero-order valence-electron chi connectivity index (χ0n) is 29.1. The smallest absolute Gasteiger partial charge is 0.339 e. The zero-order chi connectivity index (χ0) is 38.9. The van der Waals surface area contributed by atoms with Gasteiger partial charge in [0.1, 0.15) is 17.1 Å². The number of anilines is 2. The van der Waals surface area contributed by atoms with Crippen molar-refractivity contribution in [3.63, 3.8) is 0 Å². The number of rotatable bonds is 8. The molecule has 4 aromatic rings. The number of amides is 4. The molecule has 8 rings (SSSR count). The summed E-state index contributed by atoms with van der Waals surface area (Å²) in [6.45, 7) is 1.96. The quantitative estimate of drug-likeness (QED) is 0.120. The highest BCUT2D eigenvalue weighted by atomic mass is 35.5. The van der Waals surface area contributed by atoms with Gasteiger partial charge in [-0.15, -0.1) is 0 Å². The van der Waals surface area contributed by atoms with E-state index in [1.165, 1.54) is 30.3 Å². The minimum atomic E-state index is -1.73. The molecule has 0 spiro atoms. The second-order valence-corrected chi connectivity index (χ2v) is 14.5. The summed E-state index contributed by atoms with van der Waals surface area (Å²) in [5.74, 6) is -10.1. The number of phenols is 2. The van der Waals surface area contributed by atoms with Gasteiger partial charge in [0.2, 0.25) is 11.8 Å². The third-order valence-corrected chi connectivity index (χ3v) is 11.6. The van der Waals surface area contributed by atoms with Gasteiger partial charge in [0.05, 0.1) is 41.2 Å². The van der Waals surface area contributed by atoms with E-state index in [4.69, 9.17) is 16.3 Å². The predicted molar refractivity (Wildman–Crippen MR) is 196 cm³/mol. The van der Waals surface area contributed by atoms with Crippen LogP contribution < -0.4 is 15.1 Å². The van der Waals surface area contributed by atoms with E-state index in [1.807, 2.05) is 6.08 Å². The van der Waals surface area contributed by atoms with Crippen LogP contribution >= 0.6 is 11.6 Å². The lowest BCUT2D eigenvalue weighted by atomic mass is 9.49. The number of allylic oxidation sites excluding steroid dienone is 2. The number of halogens is 2. The number of para-hydroxylation sites is 1. The van der Waals surface area contributed by atoms with Crippen LogP contribution in [0.15, 0.2) is 96.6 Å². The van der Waals surface area contributed by atoms with Gasteiger partial charge < -0.3 is 20.1 Å². The highest BCUT2D eigenvalue weighted by Crippen LogP contribution is 2.65. The van der Waals surface area contributed by atoms with Gasteiger partial charge in [-0.05, 0) is 85.8 Å². The van der Waals surface area contributed by atoms with E-state index in [9.17, 15) is 38.9 Å². The Morgan fingerprint density at radius 1 is 0.945 bits per heavy atom. The Morgan fingerprint density at radius 3 is 2.35 bits per heavy atom. The first kappa shape index (κ1) is 35.8. The van der Waals surface area contributed by atoms with Crippen LogP contribution in [0.5, 0.6) is 17.2 Å². The number of ether oxygens (including phenoxy) is 1. The highest BCUT2D eigenvalue weighted by Gasteiger charge is 2.70. The summed E-state index contributed by atoms with van der Waals surface area (Å²) in [6.07, 6.45) is 1.82. The van der Waals surface area contributed by atoms with Crippen LogP contribution in [-0.4, -0.2) is 56.5 Å². The number of carbonyl (C=O) groups excluding carboxylic acids is 4. The van der Waals surface area contributed by atoms with Gasteiger partial charge in [-0.1, -0.05) is 47.5 Å². The number of hydrogen-bond acceptors (Lipinski definition) is 9.